The third kappa shape index (κ3) is 3.23. The summed E-state index contributed by atoms with van der Waals surface area (Å²) in [5, 5.41) is 2.92. The zero-order valence-electron chi connectivity index (χ0n) is 10.9. The zero-order chi connectivity index (χ0) is 13.7. The van der Waals surface area contributed by atoms with E-state index in [1.807, 2.05) is 37.3 Å². The standard InChI is InChI=1S/C15H18N2O2/c1-11(14-7-4-10-19-14)17-15(18)13-6-3-2-5-12(13)8-9-16/h2-7,10-11H,8-9,16H2,1H3,(H,17,18). The van der Waals surface area contributed by atoms with Gasteiger partial charge >= 0.3 is 0 Å². The first-order valence-electron chi connectivity index (χ1n) is 6.34. The van der Waals surface area contributed by atoms with Crippen molar-refractivity contribution in [2.45, 2.75) is 19.4 Å². The first-order chi connectivity index (χ1) is 9.22. The fourth-order valence-corrected chi connectivity index (χ4v) is 2.00. The van der Waals surface area contributed by atoms with Crippen LogP contribution in [0.4, 0.5) is 0 Å². The van der Waals surface area contributed by atoms with Gasteiger partial charge in [0.25, 0.3) is 5.91 Å². The Labute approximate surface area is 112 Å². The predicted molar refractivity (Wildman–Crippen MR) is 73.8 cm³/mol. The highest BCUT2D eigenvalue weighted by Gasteiger charge is 2.15. The average molecular weight is 258 g/mol. The third-order valence-electron chi connectivity index (χ3n) is 2.99. The van der Waals surface area contributed by atoms with Gasteiger partial charge in [-0.3, -0.25) is 4.79 Å². The molecule has 0 aliphatic rings. The van der Waals surface area contributed by atoms with Gasteiger partial charge in [0, 0.05) is 5.56 Å². The molecule has 0 aliphatic heterocycles. The Morgan fingerprint density at radius 1 is 1.32 bits per heavy atom. The fourth-order valence-electron chi connectivity index (χ4n) is 2.00. The van der Waals surface area contributed by atoms with Crippen molar-refractivity contribution in [1.82, 2.24) is 5.32 Å². The molecule has 0 bridgehead atoms. The van der Waals surface area contributed by atoms with Crippen LogP contribution in [-0.4, -0.2) is 12.5 Å². The minimum Gasteiger partial charge on any atom is -0.467 e. The second kappa shape index (κ2) is 6.20. The molecule has 2 aromatic rings. The van der Waals surface area contributed by atoms with E-state index in [9.17, 15) is 4.79 Å². The Morgan fingerprint density at radius 3 is 2.79 bits per heavy atom. The molecule has 0 radical (unpaired) electrons. The van der Waals surface area contributed by atoms with Crippen molar-refractivity contribution in [2.75, 3.05) is 6.54 Å². The third-order valence-corrected chi connectivity index (χ3v) is 2.99. The van der Waals surface area contributed by atoms with E-state index in [2.05, 4.69) is 5.32 Å². The molecule has 0 spiro atoms. The molecule has 1 amide bonds. The van der Waals surface area contributed by atoms with Crippen LogP contribution in [-0.2, 0) is 6.42 Å². The largest absolute Gasteiger partial charge is 0.467 e. The molecule has 1 atom stereocenters. The molecule has 1 aromatic carbocycles. The number of hydrogen-bond donors (Lipinski definition) is 2. The topological polar surface area (TPSA) is 68.3 Å². The van der Waals surface area contributed by atoms with Crippen LogP contribution in [0.15, 0.2) is 47.1 Å². The van der Waals surface area contributed by atoms with Crippen molar-refractivity contribution in [3.05, 3.63) is 59.5 Å². The highest BCUT2D eigenvalue weighted by Crippen LogP contribution is 2.15. The Morgan fingerprint density at radius 2 is 2.11 bits per heavy atom. The van der Waals surface area contributed by atoms with Crippen LogP contribution in [0.1, 0.15) is 34.6 Å². The number of carbonyl (C=O) groups excluding carboxylic acids is 1. The van der Waals surface area contributed by atoms with Gasteiger partial charge in [0.15, 0.2) is 0 Å². The number of amides is 1. The monoisotopic (exact) mass is 258 g/mol. The molecule has 4 nitrogen and oxygen atoms in total. The van der Waals surface area contributed by atoms with Gasteiger partial charge in [0.05, 0.1) is 12.3 Å². The van der Waals surface area contributed by atoms with Crippen LogP contribution in [0.3, 0.4) is 0 Å². The van der Waals surface area contributed by atoms with E-state index in [4.69, 9.17) is 10.2 Å². The van der Waals surface area contributed by atoms with Crippen LogP contribution >= 0.6 is 0 Å². The number of rotatable bonds is 5. The Kier molecular flexibility index (Phi) is 4.36. The quantitative estimate of drug-likeness (QED) is 0.864. The molecule has 2 rings (SSSR count). The smallest absolute Gasteiger partial charge is 0.252 e. The van der Waals surface area contributed by atoms with E-state index in [0.717, 1.165) is 11.3 Å². The van der Waals surface area contributed by atoms with Crippen molar-refractivity contribution in [3.63, 3.8) is 0 Å². The van der Waals surface area contributed by atoms with E-state index < -0.39 is 0 Å². The summed E-state index contributed by atoms with van der Waals surface area (Å²) in [5.74, 6) is 0.637. The van der Waals surface area contributed by atoms with E-state index in [1.54, 1.807) is 12.3 Å². The lowest BCUT2D eigenvalue weighted by molar-refractivity contribution is 0.0934. The highest BCUT2D eigenvalue weighted by molar-refractivity contribution is 5.95. The van der Waals surface area contributed by atoms with E-state index in [0.29, 0.717) is 18.5 Å². The maximum atomic E-state index is 12.3. The van der Waals surface area contributed by atoms with Gasteiger partial charge in [-0.25, -0.2) is 0 Å². The molecule has 1 aromatic heterocycles. The number of furan rings is 1. The number of nitrogens with one attached hydrogen (secondary N) is 1. The van der Waals surface area contributed by atoms with Gasteiger partial charge in [-0.15, -0.1) is 0 Å². The predicted octanol–water partition coefficient (Wildman–Crippen LogP) is 2.27. The summed E-state index contributed by atoms with van der Waals surface area (Å²) in [6, 6.07) is 11.0. The lowest BCUT2D eigenvalue weighted by Gasteiger charge is -2.13. The van der Waals surface area contributed by atoms with Crippen molar-refractivity contribution in [3.8, 4) is 0 Å². The minimum atomic E-state index is -0.159. The molecule has 0 saturated carbocycles. The van der Waals surface area contributed by atoms with Crippen LogP contribution < -0.4 is 11.1 Å². The number of benzene rings is 1. The van der Waals surface area contributed by atoms with Gasteiger partial charge in [-0.2, -0.15) is 0 Å². The van der Waals surface area contributed by atoms with Crippen LogP contribution in [0.5, 0.6) is 0 Å². The van der Waals surface area contributed by atoms with Crippen molar-refractivity contribution in [2.24, 2.45) is 5.73 Å². The molecule has 0 fully saturated rings. The lowest BCUT2D eigenvalue weighted by atomic mass is 10.0. The molecule has 0 saturated heterocycles. The maximum Gasteiger partial charge on any atom is 0.252 e. The van der Waals surface area contributed by atoms with Gasteiger partial charge in [-0.05, 0) is 43.7 Å². The van der Waals surface area contributed by atoms with Crippen molar-refractivity contribution < 1.29 is 9.21 Å². The maximum absolute atomic E-state index is 12.3. The molecule has 4 heteroatoms. The molecular formula is C15H18N2O2. The lowest BCUT2D eigenvalue weighted by Crippen LogP contribution is -2.27. The van der Waals surface area contributed by atoms with Crippen LogP contribution in [0, 0.1) is 0 Å². The summed E-state index contributed by atoms with van der Waals surface area (Å²) in [6.07, 6.45) is 2.29. The number of hydrogen-bond acceptors (Lipinski definition) is 3. The summed E-state index contributed by atoms with van der Waals surface area (Å²) < 4.78 is 5.28. The molecular weight excluding hydrogens is 240 g/mol. The molecule has 100 valence electrons. The minimum absolute atomic E-state index is 0.104. The first kappa shape index (κ1) is 13.4. The SMILES string of the molecule is CC(NC(=O)c1ccccc1CCN)c1ccco1. The molecule has 3 N–H and O–H groups in total. The van der Waals surface area contributed by atoms with Gasteiger partial charge in [0.1, 0.15) is 5.76 Å². The summed E-state index contributed by atoms with van der Waals surface area (Å²) >= 11 is 0. The molecule has 0 aliphatic carbocycles. The number of nitrogens with two attached hydrogens (primary N) is 1. The Hall–Kier alpha value is -2.07. The summed E-state index contributed by atoms with van der Waals surface area (Å²) in [4.78, 5) is 12.3. The fraction of sp³-hybridized carbons (Fsp3) is 0.267. The second-order valence-corrected chi connectivity index (χ2v) is 4.41. The average Bonchev–Trinajstić information content (AvgIpc) is 2.93. The van der Waals surface area contributed by atoms with Gasteiger partial charge in [0.2, 0.25) is 0 Å². The van der Waals surface area contributed by atoms with E-state index in [-0.39, 0.29) is 11.9 Å². The first-order valence-corrected chi connectivity index (χ1v) is 6.34. The number of carbonyl (C=O) groups is 1. The molecule has 1 heterocycles. The van der Waals surface area contributed by atoms with Crippen LogP contribution in [0.2, 0.25) is 0 Å². The van der Waals surface area contributed by atoms with Crippen LogP contribution in [0.25, 0.3) is 0 Å². The summed E-state index contributed by atoms with van der Waals surface area (Å²) in [5.41, 5.74) is 7.20. The highest BCUT2D eigenvalue weighted by atomic mass is 16.3. The zero-order valence-corrected chi connectivity index (χ0v) is 10.9. The van der Waals surface area contributed by atoms with Crippen molar-refractivity contribution >= 4 is 5.91 Å². The normalized spacial score (nSPS) is 12.1. The van der Waals surface area contributed by atoms with Gasteiger partial charge in [-0.1, -0.05) is 18.2 Å². The van der Waals surface area contributed by atoms with Gasteiger partial charge < -0.3 is 15.5 Å². The molecule has 1 unspecified atom stereocenters. The van der Waals surface area contributed by atoms with E-state index >= 15 is 0 Å². The van der Waals surface area contributed by atoms with Crippen molar-refractivity contribution in [1.29, 1.82) is 0 Å². The summed E-state index contributed by atoms with van der Waals surface area (Å²) in [7, 11) is 0. The molecule has 19 heavy (non-hydrogen) atoms. The Bertz CT molecular complexity index is 535. The second-order valence-electron chi connectivity index (χ2n) is 4.41. The summed E-state index contributed by atoms with van der Waals surface area (Å²) in [6.45, 7) is 2.42. The van der Waals surface area contributed by atoms with E-state index in [1.165, 1.54) is 0 Å². The Balaban J connectivity index is 2.11.